The van der Waals surface area contributed by atoms with Crippen LogP contribution in [0.4, 0.5) is 5.69 Å². The smallest absolute Gasteiger partial charge is 0.257 e. The number of nitrogens with one attached hydrogen (secondary N) is 1. The maximum atomic E-state index is 12.3. The van der Waals surface area contributed by atoms with Crippen LogP contribution in [0, 0.1) is 0 Å². The number of carbonyl (C=O) groups is 1. The Bertz CT molecular complexity index is 659. The maximum absolute atomic E-state index is 12.3. The number of hydrogen-bond donors (Lipinski definition) is 1. The molecular weight excluding hydrogens is 321 g/mol. The van der Waals surface area contributed by atoms with Gasteiger partial charge in [0.1, 0.15) is 5.75 Å². The number of rotatable bonds is 6. The molecular formula is C17H17Cl2NO2. The topological polar surface area (TPSA) is 38.3 Å². The lowest BCUT2D eigenvalue weighted by Crippen LogP contribution is -2.13. The van der Waals surface area contributed by atoms with Gasteiger partial charge in [0, 0.05) is 5.02 Å². The van der Waals surface area contributed by atoms with Crippen molar-refractivity contribution in [3.05, 3.63) is 58.1 Å². The highest BCUT2D eigenvalue weighted by molar-refractivity contribution is 6.37. The molecule has 0 heterocycles. The molecule has 2 aromatic rings. The zero-order valence-corrected chi connectivity index (χ0v) is 13.7. The second-order valence-electron chi connectivity index (χ2n) is 4.78. The molecule has 0 aliphatic rings. The number of para-hydroxylation sites is 2. The van der Waals surface area contributed by atoms with Crippen molar-refractivity contribution < 1.29 is 9.53 Å². The van der Waals surface area contributed by atoms with Gasteiger partial charge in [-0.1, -0.05) is 48.7 Å². The van der Waals surface area contributed by atoms with E-state index in [0.29, 0.717) is 33.7 Å². The Hall–Kier alpha value is -1.71. The first-order valence-corrected chi connectivity index (χ1v) is 7.85. The van der Waals surface area contributed by atoms with Crippen LogP contribution in [0.15, 0.2) is 42.5 Å². The molecule has 22 heavy (non-hydrogen) atoms. The standard InChI is InChI=1S/C17H17Cl2NO2/c1-2-3-10-22-16-7-5-4-6-15(16)20-17(21)13-9-8-12(18)11-14(13)19/h4-9,11H,2-3,10H2,1H3,(H,20,21). The summed E-state index contributed by atoms with van der Waals surface area (Å²) in [5.74, 6) is 0.350. The number of carbonyl (C=O) groups excluding carboxylic acids is 1. The van der Waals surface area contributed by atoms with E-state index >= 15 is 0 Å². The van der Waals surface area contributed by atoms with Gasteiger partial charge in [-0.05, 0) is 36.8 Å². The number of unbranched alkanes of at least 4 members (excludes halogenated alkanes) is 1. The van der Waals surface area contributed by atoms with Gasteiger partial charge in [-0.2, -0.15) is 0 Å². The molecule has 3 nitrogen and oxygen atoms in total. The second-order valence-corrected chi connectivity index (χ2v) is 5.62. The molecule has 2 rings (SSSR count). The molecule has 1 amide bonds. The van der Waals surface area contributed by atoms with E-state index in [1.54, 1.807) is 24.3 Å². The highest BCUT2D eigenvalue weighted by atomic mass is 35.5. The van der Waals surface area contributed by atoms with Crippen molar-refractivity contribution in [1.82, 2.24) is 0 Å². The number of amides is 1. The Morgan fingerprint density at radius 3 is 2.68 bits per heavy atom. The van der Waals surface area contributed by atoms with Crippen LogP contribution in [-0.4, -0.2) is 12.5 Å². The molecule has 0 aromatic heterocycles. The summed E-state index contributed by atoms with van der Waals surface area (Å²) in [6.07, 6.45) is 2.01. The third kappa shape index (κ3) is 4.39. The van der Waals surface area contributed by atoms with E-state index in [0.717, 1.165) is 12.8 Å². The number of halogens is 2. The van der Waals surface area contributed by atoms with E-state index in [-0.39, 0.29) is 5.91 Å². The quantitative estimate of drug-likeness (QED) is 0.714. The summed E-state index contributed by atoms with van der Waals surface area (Å²) in [5.41, 5.74) is 0.990. The zero-order chi connectivity index (χ0) is 15.9. The van der Waals surface area contributed by atoms with Crippen LogP contribution in [0.3, 0.4) is 0 Å². The minimum absolute atomic E-state index is 0.298. The number of benzene rings is 2. The third-order valence-corrected chi connectivity index (χ3v) is 3.61. The van der Waals surface area contributed by atoms with Gasteiger partial charge in [-0.3, -0.25) is 4.79 Å². The first kappa shape index (κ1) is 16.7. The lowest BCUT2D eigenvalue weighted by atomic mass is 10.2. The molecule has 0 bridgehead atoms. The Balaban J connectivity index is 2.14. The first-order chi connectivity index (χ1) is 10.6. The average molecular weight is 338 g/mol. The Labute approximate surface area is 140 Å². The third-order valence-electron chi connectivity index (χ3n) is 3.07. The molecule has 0 spiro atoms. The van der Waals surface area contributed by atoms with Crippen LogP contribution < -0.4 is 10.1 Å². The lowest BCUT2D eigenvalue weighted by molar-refractivity contribution is 0.102. The van der Waals surface area contributed by atoms with Crippen molar-refractivity contribution in [1.29, 1.82) is 0 Å². The van der Waals surface area contributed by atoms with Crippen LogP contribution in [-0.2, 0) is 0 Å². The van der Waals surface area contributed by atoms with Crippen molar-refractivity contribution in [3.63, 3.8) is 0 Å². The second kappa shape index (κ2) is 8.06. The highest BCUT2D eigenvalue weighted by Crippen LogP contribution is 2.26. The normalized spacial score (nSPS) is 10.3. The van der Waals surface area contributed by atoms with Gasteiger partial charge >= 0.3 is 0 Å². The van der Waals surface area contributed by atoms with Crippen LogP contribution in [0.25, 0.3) is 0 Å². The van der Waals surface area contributed by atoms with Gasteiger partial charge in [-0.25, -0.2) is 0 Å². The summed E-state index contributed by atoms with van der Waals surface area (Å²) < 4.78 is 5.69. The van der Waals surface area contributed by atoms with Crippen molar-refractivity contribution in [2.24, 2.45) is 0 Å². The summed E-state index contributed by atoms with van der Waals surface area (Å²) in [7, 11) is 0. The van der Waals surface area contributed by atoms with E-state index in [9.17, 15) is 4.79 Å². The highest BCUT2D eigenvalue weighted by Gasteiger charge is 2.13. The summed E-state index contributed by atoms with van der Waals surface area (Å²) in [4.78, 5) is 12.3. The Kier molecular flexibility index (Phi) is 6.10. The molecule has 0 saturated heterocycles. The van der Waals surface area contributed by atoms with Gasteiger partial charge < -0.3 is 10.1 Å². The lowest BCUT2D eigenvalue weighted by Gasteiger charge is -2.12. The fourth-order valence-electron chi connectivity index (χ4n) is 1.89. The maximum Gasteiger partial charge on any atom is 0.257 e. The molecule has 0 fully saturated rings. The monoisotopic (exact) mass is 337 g/mol. The summed E-state index contributed by atoms with van der Waals surface area (Å²) in [6, 6.07) is 12.1. The molecule has 0 aliphatic carbocycles. The summed E-state index contributed by atoms with van der Waals surface area (Å²) >= 11 is 11.9. The van der Waals surface area contributed by atoms with Crippen LogP contribution in [0.2, 0.25) is 10.0 Å². The van der Waals surface area contributed by atoms with E-state index in [1.807, 2.05) is 18.2 Å². The minimum Gasteiger partial charge on any atom is -0.491 e. The Morgan fingerprint density at radius 2 is 1.95 bits per heavy atom. The Morgan fingerprint density at radius 1 is 1.18 bits per heavy atom. The van der Waals surface area contributed by atoms with Crippen molar-refractivity contribution in [2.45, 2.75) is 19.8 Å². The molecule has 1 N–H and O–H groups in total. The van der Waals surface area contributed by atoms with Crippen LogP contribution in [0.1, 0.15) is 30.1 Å². The van der Waals surface area contributed by atoms with Gasteiger partial charge in [0.05, 0.1) is 22.9 Å². The summed E-state index contributed by atoms with van der Waals surface area (Å²) in [6.45, 7) is 2.71. The van der Waals surface area contributed by atoms with Gasteiger partial charge in [0.2, 0.25) is 0 Å². The van der Waals surface area contributed by atoms with Crippen molar-refractivity contribution >= 4 is 34.8 Å². The molecule has 0 radical (unpaired) electrons. The van der Waals surface area contributed by atoms with E-state index in [4.69, 9.17) is 27.9 Å². The number of anilines is 1. The molecule has 0 saturated carbocycles. The average Bonchev–Trinajstić information content (AvgIpc) is 2.49. The first-order valence-electron chi connectivity index (χ1n) is 7.10. The van der Waals surface area contributed by atoms with Gasteiger partial charge in [0.25, 0.3) is 5.91 Å². The van der Waals surface area contributed by atoms with Crippen molar-refractivity contribution in [3.8, 4) is 5.75 Å². The predicted molar refractivity (Wildman–Crippen MR) is 91.3 cm³/mol. The largest absolute Gasteiger partial charge is 0.491 e. The van der Waals surface area contributed by atoms with E-state index in [2.05, 4.69) is 12.2 Å². The number of ether oxygens (including phenoxy) is 1. The molecule has 5 heteroatoms. The SMILES string of the molecule is CCCCOc1ccccc1NC(=O)c1ccc(Cl)cc1Cl. The van der Waals surface area contributed by atoms with E-state index < -0.39 is 0 Å². The fraction of sp³-hybridized carbons (Fsp3) is 0.235. The number of hydrogen-bond acceptors (Lipinski definition) is 2. The molecule has 0 aliphatic heterocycles. The van der Waals surface area contributed by atoms with Crippen LogP contribution in [0.5, 0.6) is 5.75 Å². The zero-order valence-electron chi connectivity index (χ0n) is 12.2. The molecule has 116 valence electrons. The fourth-order valence-corrected chi connectivity index (χ4v) is 2.38. The molecule has 0 unspecified atom stereocenters. The minimum atomic E-state index is -0.298. The van der Waals surface area contributed by atoms with Crippen LogP contribution >= 0.6 is 23.2 Å². The van der Waals surface area contributed by atoms with Gasteiger partial charge in [-0.15, -0.1) is 0 Å². The molecule has 2 aromatic carbocycles. The van der Waals surface area contributed by atoms with Gasteiger partial charge in [0.15, 0.2) is 0 Å². The summed E-state index contributed by atoms with van der Waals surface area (Å²) in [5, 5.41) is 3.63. The van der Waals surface area contributed by atoms with Crippen molar-refractivity contribution in [2.75, 3.05) is 11.9 Å². The predicted octanol–water partition coefficient (Wildman–Crippen LogP) is 5.42. The molecule has 0 atom stereocenters. The van der Waals surface area contributed by atoms with E-state index in [1.165, 1.54) is 0 Å².